The summed E-state index contributed by atoms with van der Waals surface area (Å²) in [5, 5.41) is 2.42. The van der Waals surface area contributed by atoms with Gasteiger partial charge in [-0.2, -0.15) is 0 Å². The largest absolute Gasteiger partial charge is 0.418 e. The fourth-order valence-corrected chi connectivity index (χ4v) is 6.68. The Morgan fingerprint density at radius 1 is 0.767 bits per heavy atom. The van der Waals surface area contributed by atoms with Gasteiger partial charge in [0.15, 0.2) is 11.5 Å². The number of hydrogen-bond acceptors (Lipinski definition) is 6. The van der Waals surface area contributed by atoms with Crippen LogP contribution in [-0.2, 0) is 19.1 Å². The standard InChI is InChI=1S/C24H22O4S2/c1-9(2)15-7-13-11(5)22-14(12(6)21(13)29-15)8-16(30-22)18-20-19(27-24(18)26)17(10(3)4)23(25)28-20/h7-10H,1-6H3. The van der Waals surface area contributed by atoms with Crippen molar-refractivity contribution in [3.05, 3.63) is 50.1 Å². The number of fused-ring (bicyclic) bond motifs is 3. The molecule has 0 unspecified atom stereocenters. The molecule has 0 saturated carbocycles. The van der Waals surface area contributed by atoms with Crippen molar-refractivity contribution in [1.29, 1.82) is 0 Å². The van der Waals surface area contributed by atoms with Gasteiger partial charge in [-0.05, 0) is 59.7 Å². The van der Waals surface area contributed by atoms with Crippen molar-refractivity contribution in [2.24, 2.45) is 5.92 Å². The second kappa shape index (κ2) is 6.53. The number of aryl methyl sites for hydroxylation is 2. The number of hydrogen-bond donors (Lipinski definition) is 0. The highest BCUT2D eigenvalue weighted by atomic mass is 32.1. The average Bonchev–Trinajstić information content (AvgIpc) is 3.40. The van der Waals surface area contributed by atoms with Gasteiger partial charge in [0, 0.05) is 19.2 Å². The highest BCUT2D eigenvalue weighted by Crippen LogP contribution is 2.47. The van der Waals surface area contributed by atoms with E-state index in [0.29, 0.717) is 22.8 Å². The molecule has 5 rings (SSSR count). The molecule has 0 amide bonds. The molecule has 2 aliphatic heterocycles. The maximum absolute atomic E-state index is 12.7. The van der Waals surface area contributed by atoms with Gasteiger partial charge in [0.1, 0.15) is 5.57 Å². The van der Waals surface area contributed by atoms with Crippen LogP contribution in [0.25, 0.3) is 25.7 Å². The molecule has 30 heavy (non-hydrogen) atoms. The maximum atomic E-state index is 12.7. The van der Waals surface area contributed by atoms with E-state index in [4.69, 9.17) is 9.47 Å². The van der Waals surface area contributed by atoms with Gasteiger partial charge in [-0.3, -0.25) is 0 Å². The number of carbonyl (C=O) groups excluding carboxylic acids is 2. The molecule has 0 N–H and O–H groups in total. The smallest absolute Gasteiger partial charge is 0.349 e. The molecule has 0 aliphatic carbocycles. The number of ether oxygens (including phenoxy) is 2. The SMILES string of the molecule is Cc1c2cc(C(C)C)sc2c(C)c2cc(C3=C4OC(=O)C(C(C)C)=C4OC3=O)sc12. The molecular weight excluding hydrogens is 416 g/mol. The molecular formula is C24H22O4S2. The average molecular weight is 439 g/mol. The lowest BCUT2D eigenvalue weighted by atomic mass is 10.0. The Kier molecular flexibility index (Phi) is 4.25. The highest BCUT2D eigenvalue weighted by Gasteiger charge is 2.44. The van der Waals surface area contributed by atoms with E-state index in [-0.39, 0.29) is 11.7 Å². The van der Waals surface area contributed by atoms with Gasteiger partial charge < -0.3 is 9.47 Å². The molecule has 3 aromatic rings. The zero-order valence-electron chi connectivity index (χ0n) is 17.8. The number of thiophene rings is 2. The van der Waals surface area contributed by atoms with Crippen LogP contribution in [0.15, 0.2) is 29.2 Å². The van der Waals surface area contributed by atoms with Gasteiger partial charge in [-0.15, -0.1) is 22.7 Å². The van der Waals surface area contributed by atoms with Crippen molar-refractivity contribution in [3.63, 3.8) is 0 Å². The molecule has 4 heterocycles. The summed E-state index contributed by atoms with van der Waals surface area (Å²) in [7, 11) is 0. The lowest BCUT2D eigenvalue weighted by Gasteiger charge is -2.03. The summed E-state index contributed by atoms with van der Waals surface area (Å²) in [6.07, 6.45) is 0. The molecule has 0 radical (unpaired) electrons. The van der Waals surface area contributed by atoms with Gasteiger partial charge in [0.25, 0.3) is 0 Å². The van der Waals surface area contributed by atoms with E-state index in [1.165, 1.54) is 26.1 Å². The number of benzene rings is 1. The highest BCUT2D eigenvalue weighted by molar-refractivity contribution is 7.22. The third-order valence-corrected chi connectivity index (χ3v) is 8.68. The third-order valence-electron chi connectivity index (χ3n) is 5.86. The Morgan fingerprint density at radius 3 is 2.00 bits per heavy atom. The molecule has 0 bridgehead atoms. The van der Waals surface area contributed by atoms with Gasteiger partial charge in [-0.1, -0.05) is 27.7 Å². The van der Waals surface area contributed by atoms with E-state index in [9.17, 15) is 9.59 Å². The lowest BCUT2D eigenvalue weighted by Crippen LogP contribution is -2.08. The molecule has 4 nitrogen and oxygen atoms in total. The van der Waals surface area contributed by atoms with Gasteiger partial charge in [-0.25, -0.2) is 9.59 Å². The van der Waals surface area contributed by atoms with Crippen LogP contribution in [-0.4, -0.2) is 11.9 Å². The van der Waals surface area contributed by atoms with E-state index in [2.05, 4.69) is 33.8 Å². The van der Waals surface area contributed by atoms with Gasteiger partial charge in [0.2, 0.25) is 0 Å². The quantitative estimate of drug-likeness (QED) is 0.433. The Hall–Kier alpha value is -2.44. The van der Waals surface area contributed by atoms with Crippen molar-refractivity contribution in [2.75, 3.05) is 0 Å². The minimum absolute atomic E-state index is 0.0778. The molecule has 2 aliphatic rings. The molecule has 6 heteroatoms. The Morgan fingerprint density at radius 2 is 1.37 bits per heavy atom. The topological polar surface area (TPSA) is 52.6 Å². The minimum atomic E-state index is -0.448. The molecule has 0 atom stereocenters. The van der Waals surface area contributed by atoms with Crippen molar-refractivity contribution in [1.82, 2.24) is 0 Å². The third kappa shape index (κ3) is 2.56. The summed E-state index contributed by atoms with van der Waals surface area (Å²) in [5.41, 5.74) is 3.25. The maximum Gasteiger partial charge on any atom is 0.349 e. The summed E-state index contributed by atoms with van der Waals surface area (Å²) < 4.78 is 13.4. The van der Waals surface area contributed by atoms with E-state index in [0.717, 1.165) is 15.0 Å². The number of carbonyl (C=O) groups is 2. The van der Waals surface area contributed by atoms with Crippen LogP contribution in [0.3, 0.4) is 0 Å². The first-order valence-corrected chi connectivity index (χ1v) is 11.7. The summed E-state index contributed by atoms with van der Waals surface area (Å²) >= 11 is 3.41. The zero-order valence-corrected chi connectivity index (χ0v) is 19.4. The number of esters is 2. The predicted octanol–water partition coefficient (Wildman–Crippen LogP) is 6.59. The zero-order chi connectivity index (χ0) is 21.5. The van der Waals surface area contributed by atoms with E-state index < -0.39 is 11.9 Å². The molecule has 1 aromatic carbocycles. The van der Waals surface area contributed by atoms with Crippen LogP contribution >= 0.6 is 22.7 Å². The van der Waals surface area contributed by atoms with Gasteiger partial charge in [0.05, 0.1) is 5.57 Å². The first-order valence-electron chi connectivity index (χ1n) is 10.1. The van der Waals surface area contributed by atoms with E-state index in [1.807, 2.05) is 31.3 Å². The van der Waals surface area contributed by atoms with Crippen molar-refractivity contribution >= 4 is 60.4 Å². The summed E-state index contributed by atoms with van der Waals surface area (Å²) in [4.78, 5) is 27.2. The van der Waals surface area contributed by atoms with Gasteiger partial charge >= 0.3 is 11.9 Å². The summed E-state index contributed by atoms with van der Waals surface area (Å²) in [5.74, 6) is 0.118. The van der Waals surface area contributed by atoms with Crippen LogP contribution in [0.2, 0.25) is 0 Å². The number of rotatable bonds is 3. The first-order chi connectivity index (χ1) is 14.2. The van der Waals surface area contributed by atoms with Crippen LogP contribution in [0.4, 0.5) is 0 Å². The Bertz CT molecular complexity index is 1290. The van der Waals surface area contributed by atoms with Crippen LogP contribution in [0, 0.1) is 19.8 Å². The Labute approximate surface area is 182 Å². The lowest BCUT2D eigenvalue weighted by molar-refractivity contribution is -0.133. The van der Waals surface area contributed by atoms with Crippen molar-refractivity contribution < 1.29 is 19.1 Å². The minimum Gasteiger partial charge on any atom is -0.418 e. The van der Waals surface area contributed by atoms with E-state index in [1.54, 1.807) is 11.3 Å². The van der Waals surface area contributed by atoms with Crippen LogP contribution in [0.1, 0.15) is 54.5 Å². The summed E-state index contributed by atoms with van der Waals surface area (Å²) in [6, 6.07) is 4.34. The van der Waals surface area contributed by atoms with Crippen molar-refractivity contribution in [3.8, 4) is 0 Å². The van der Waals surface area contributed by atoms with Crippen molar-refractivity contribution in [2.45, 2.75) is 47.5 Å². The molecule has 0 spiro atoms. The fourth-order valence-electron chi connectivity index (χ4n) is 4.19. The van der Waals surface area contributed by atoms with Crippen LogP contribution < -0.4 is 0 Å². The fraction of sp³-hybridized carbons (Fsp3) is 0.333. The Balaban J connectivity index is 1.74. The monoisotopic (exact) mass is 438 g/mol. The molecule has 0 fully saturated rings. The normalized spacial score (nSPS) is 16.7. The molecule has 2 aromatic heterocycles. The summed E-state index contributed by atoms with van der Waals surface area (Å²) in [6.45, 7) is 12.5. The van der Waals surface area contributed by atoms with E-state index >= 15 is 0 Å². The molecule has 0 saturated heterocycles. The predicted molar refractivity (Wildman–Crippen MR) is 122 cm³/mol. The first kappa shape index (κ1) is 19.5. The second-order valence-corrected chi connectivity index (χ2v) is 10.7. The second-order valence-electron chi connectivity index (χ2n) is 8.53. The van der Waals surface area contributed by atoms with Crippen LogP contribution in [0.5, 0.6) is 0 Å². The molecule has 154 valence electrons.